The van der Waals surface area contributed by atoms with Gasteiger partial charge in [0.25, 0.3) is 0 Å². The average Bonchev–Trinajstić information content (AvgIpc) is 2.24. The van der Waals surface area contributed by atoms with Crippen molar-refractivity contribution in [3.8, 4) is 0 Å². The zero-order valence-electron chi connectivity index (χ0n) is 11.5. The smallest absolute Gasteiger partial charge is 0.317 e. The molecule has 0 heterocycles. The number of carboxylic acid groups (broad SMARTS) is 2. The summed E-state index contributed by atoms with van der Waals surface area (Å²) < 4.78 is 0. The molecule has 0 aliphatic heterocycles. The molecule has 0 saturated carbocycles. The predicted molar refractivity (Wildman–Crippen MR) is 69.2 cm³/mol. The second-order valence-corrected chi connectivity index (χ2v) is 4.57. The summed E-state index contributed by atoms with van der Waals surface area (Å²) in [4.78, 5) is 23.8. The van der Waals surface area contributed by atoms with Crippen molar-refractivity contribution in [2.75, 3.05) is 39.3 Å². The molecule has 0 aliphatic carbocycles. The Kier molecular flexibility index (Phi) is 9.78. The van der Waals surface area contributed by atoms with Crippen LogP contribution < -0.4 is 0 Å². The van der Waals surface area contributed by atoms with Crippen molar-refractivity contribution in [1.29, 1.82) is 0 Å². The van der Waals surface area contributed by atoms with Gasteiger partial charge in [-0.2, -0.15) is 0 Å². The van der Waals surface area contributed by atoms with Crippen LogP contribution in [0.3, 0.4) is 0 Å². The molecule has 6 N–H and O–H groups in total. The second kappa shape index (κ2) is 10.4. The molecule has 21 heavy (non-hydrogen) atoms. The minimum atomic E-state index is -1.64. The maximum Gasteiger partial charge on any atom is 0.317 e. The van der Waals surface area contributed by atoms with E-state index in [9.17, 15) is 9.59 Å². The predicted octanol–water partition coefficient (Wildman–Crippen LogP) is -3.23. The molecule has 0 amide bonds. The molecule has 0 fully saturated rings. The Balaban J connectivity index is 4.27. The number of hydrogen-bond donors (Lipinski definition) is 6. The summed E-state index contributed by atoms with van der Waals surface area (Å²) in [6, 6.07) is 0. The van der Waals surface area contributed by atoms with Gasteiger partial charge in [0.2, 0.25) is 0 Å². The highest BCUT2D eigenvalue weighted by Crippen LogP contribution is 1.99. The first-order valence-electron chi connectivity index (χ1n) is 6.31. The van der Waals surface area contributed by atoms with Gasteiger partial charge in [0.05, 0.1) is 13.1 Å². The van der Waals surface area contributed by atoms with Gasteiger partial charge in [-0.25, -0.2) is 0 Å². The molecule has 0 aromatic carbocycles. The zero-order chi connectivity index (χ0) is 16.4. The van der Waals surface area contributed by atoms with E-state index in [-0.39, 0.29) is 26.2 Å². The lowest BCUT2D eigenvalue weighted by Gasteiger charge is -2.25. The number of carboxylic acids is 2. The summed E-state index contributed by atoms with van der Waals surface area (Å²) in [5.74, 6) is -2.30. The van der Waals surface area contributed by atoms with Gasteiger partial charge in [-0.15, -0.1) is 0 Å². The lowest BCUT2D eigenvalue weighted by Crippen LogP contribution is -2.41. The highest BCUT2D eigenvalue weighted by Gasteiger charge is 2.16. The monoisotopic (exact) mass is 310 g/mol. The molecule has 0 rings (SSSR count). The molecule has 0 aromatic rings. The van der Waals surface area contributed by atoms with Crippen LogP contribution in [-0.2, 0) is 9.59 Å². The van der Waals surface area contributed by atoms with Crippen molar-refractivity contribution in [1.82, 2.24) is 9.80 Å². The Morgan fingerprint density at radius 1 is 0.762 bits per heavy atom. The molecule has 0 radical (unpaired) electrons. The third-order valence-electron chi connectivity index (χ3n) is 2.51. The molecule has 0 saturated heterocycles. The lowest BCUT2D eigenvalue weighted by atomic mass is 10.3. The summed E-state index contributed by atoms with van der Waals surface area (Å²) in [5, 5.41) is 52.8. The van der Waals surface area contributed by atoms with Crippen molar-refractivity contribution in [3.05, 3.63) is 0 Å². The van der Waals surface area contributed by atoms with Gasteiger partial charge in [0, 0.05) is 19.6 Å². The van der Waals surface area contributed by atoms with Crippen molar-refractivity contribution in [2.24, 2.45) is 0 Å². The van der Waals surface area contributed by atoms with Crippen molar-refractivity contribution >= 4 is 11.9 Å². The fraction of sp³-hybridized carbons (Fsp3) is 0.818. The van der Waals surface area contributed by atoms with Gasteiger partial charge >= 0.3 is 11.9 Å². The molecule has 0 bridgehead atoms. The van der Waals surface area contributed by atoms with Crippen LogP contribution in [0.4, 0.5) is 0 Å². The van der Waals surface area contributed by atoms with Gasteiger partial charge in [0.1, 0.15) is 0 Å². The number of aliphatic hydroxyl groups is 4. The van der Waals surface area contributed by atoms with Gasteiger partial charge in [-0.1, -0.05) is 0 Å². The van der Waals surface area contributed by atoms with E-state index in [0.29, 0.717) is 6.42 Å². The maximum atomic E-state index is 10.6. The SMILES string of the molecule is O=C(O)CN(CCCN(CC(O)O)CC(O)O)CC(=O)O. The van der Waals surface area contributed by atoms with E-state index in [1.165, 1.54) is 9.80 Å². The van der Waals surface area contributed by atoms with Crippen molar-refractivity contribution in [3.63, 3.8) is 0 Å². The van der Waals surface area contributed by atoms with Gasteiger partial charge in [-0.05, 0) is 13.0 Å². The first-order valence-corrected chi connectivity index (χ1v) is 6.31. The van der Waals surface area contributed by atoms with Crippen LogP contribution in [-0.4, -0.2) is 104 Å². The topological polar surface area (TPSA) is 162 Å². The molecule has 124 valence electrons. The molecular formula is C11H22N2O8. The van der Waals surface area contributed by atoms with Crippen LogP contribution in [0, 0.1) is 0 Å². The fourth-order valence-corrected chi connectivity index (χ4v) is 1.83. The highest BCUT2D eigenvalue weighted by molar-refractivity contribution is 5.72. The summed E-state index contributed by atoms with van der Waals surface area (Å²) in [5.41, 5.74) is 0. The van der Waals surface area contributed by atoms with E-state index in [2.05, 4.69) is 0 Å². The third-order valence-corrected chi connectivity index (χ3v) is 2.51. The first kappa shape index (κ1) is 19.7. The first-order chi connectivity index (χ1) is 9.70. The molecule has 0 unspecified atom stereocenters. The zero-order valence-corrected chi connectivity index (χ0v) is 11.5. The molecule has 10 heteroatoms. The lowest BCUT2D eigenvalue weighted by molar-refractivity contribution is -0.141. The number of aliphatic carboxylic acids is 2. The van der Waals surface area contributed by atoms with Crippen molar-refractivity contribution < 1.29 is 40.2 Å². The van der Waals surface area contributed by atoms with Crippen LogP contribution in [0.5, 0.6) is 0 Å². The fourth-order valence-electron chi connectivity index (χ4n) is 1.83. The Bertz CT molecular complexity index is 297. The number of nitrogens with zero attached hydrogens (tertiary/aromatic N) is 2. The van der Waals surface area contributed by atoms with E-state index in [1.54, 1.807) is 0 Å². The standard InChI is InChI=1S/C11H22N2O8/c14-8(15)4-12(5-9(16)17)2-1-3-13(6-10(18)19)7-11(20)21/h8-9,14-17H,1-7H2,(H,18,19)(H,20,21). The largest absolute Gasteiger partial charge is 0.480 e. The van der Waals surface area contributed by atoms with Gasteiger partial charge < -0.3 is 30.6 Å². The molecule has 10 nitrogen and oxygen atoms in total. The Morgan fingerprint density at radius 2 is 1.14 bits per heavy atom. The van der Waals surface area contributed by atoms with Crippen LogP contribution in [0.1, 0.15) is 6.42 Å². The molecular weight excluding hydrogens is 288 g/mol. The number of hydrogen-bond acceptors (Lipinski definition) is 8. The highest BCUT2D eigenvalue weighted by atomic mass is 16.5. The van der Waals surface area contributed by atoms with Crippen LogP contribution >= 0.6 is 0 Å². The van der Waals surface area contributed by atoms with E-state index in [0.717, 1.165) is 0 Å². The normalized spacial score (nSPS) is 11.8. The van der Waals surface area contributed by atoms with E-state index >= 15 is 0 Å². The molecule has 0 aliphatic rings. The molecule has 0 spiro atoms. The molecule has 0 aromatic heterocycles. The number of carbonyl (C=O) groups is 2. The summed E-state index contributed by atoms with van der Waals surface area (Å²) in [7, 11) is 0. The minimum absolute atomic E-state index is 0.165. The van der Waals surface area contributed by atoms with Crippen LogP contribution in [0.15, 0.2) is 0 Å². The Hall–Kier alpha value is -1.30. The summed E-state index contributed by atoms with van der Waals surface area (Å²) in [6.07, 6.45) is -2.95. The number of rotatable bonds is 12. The summed E-state index contributed by atoms with van der Waals surface area (Å²) in [6.45, 7) is -0.844. The molecule has 0 atom stereocenters. The Labute approximate surface area is 121 Å². The Morgan fingerprint density at radius 3 is 1.48 bits per heavy atom. The minimum Gasteiger partial charge on any atom is -0.480 e. The van der Waals surface area contributed by atoms with E-state index in [4.69, 9.17) is 30.6 Å². The number of aliphatic hydroxyl groups excluding tert-OH is 2. The second-order valence-electron chi connectivity index (χ2n) is 4.57. The van der Waals surface area contributed by atoms with Crippen LogP contribution in [0.25, 0.3) is 0 Å². The van der Waals surface area contributed by atoms with Gasteiger partial charge in [-0.3, -0.25) is 19.4 Å². The van der Waals surface area contributed by atoms with Crippen LogP contribution in [0.2, 0.25) is 0 Å². The van der Waals surface area contributed by atoms with E-state index < -0.39 is 37.6 Å². The van der Waals surface area contributed by atoms with E-state index in [1.807, 2.05) is 0 Å². The summed E-state index contributed by atoms with van der Waals surface area (Å²) >= 11 is 0. The maximum absolute atomic E-state index is 10.6. The average molecular weight is 310 g/mol. The third kappa shape index (κ3) is 12.2. The van der Waals surface area contributed by atoms with Crippen molar-refractivity contribution in [2.45, 2.75) is 19.0 Å². The van der Waals surface area contributed by atoms with Gasteiger partial charge in [0.15, 0.2) is 12.6 Å². The quantitative estimate of drug-likeness (QED) is 0.202.